The van der Waals surface area contributed by atoms with Crippen molar-refractivity contribution >= 4 is 27.6 Å². The van der Waals surface area contributed by atoms with Crippen molar-refractivity contribution in [3.8, 4) is 11.3 Å². The van der Waals surface area contributed by atoms with Crippen LogP contribution in [0.3, 0.4) is 0 Å². The average molecular weight is 339 g/mol. The van der Waals surface area contributed by atoms with E-state index in [1.807, 2.05) is 0 Å². The third-order valence-corrected chi connectivity index (χ3v) is 5.27. The standard InChI is InChI=1S/C19H21N3OS/c1-12-4-6-15(7-5-12)16-8-9-17-18(20-16)19(24-21-17)22-10-13(2)23-14(3)11-22/h4-9,13-14H,10-11H2,1-3H3/t13-,14+. The van der Waals surface area contributed by atoms with Gasteiger partial charge in [-0.25, -0.2) is 4.98 Å². The number of ether oxygens (including phenoxy) is 1. The van der Waals surface area contributed by atoms with E-state index >= 15 is 0 Å². The molecule has 0 unspecified atom stereocenters. The molecule has 0 bridgehead atoms. The van der Waals surface area contributed by atoms with Crippen molar-refractivity contribution in [3.05, 3.63) is 42.0 Å². The van der Waals surface area contributed by atoms with E-state index in [4.69, 9.17) is 9.72 Å². The summed E-state index contributed by atoms with van der Waals surface area (Å²) in [7, 11) is 0. The largest absolute Gasteiger partial charge is 0.372 e. The molecule has 0 aliphatic carbocycles. The van der Waals surface area contributed by atoms with E-state index in [9.17, 15) is 0 Å². The molecule has 1 aromatic carbocycles. The summed E-state index contributed by atoms with van der Waals surface area (Å²) in [6, 6.07) is 12.6. The first-order valence-corrected chi connectivity index (χ1v) is 9.11. The molecule has 124 valence electrons. The Labute approximate surface area is 146 Å². The molecular formula is C19H21N3OS. The summed E-state index contributed by atoms with van der Waals surface area (Å²) in [6.45, 7) is 8.12. The Morgan fingerprint density at radius 2 is 1.75 bits per heavy atom. The highest BCUT2D eigenvalue weighted by molar-refractivity contribution is 7.11. The summed E-state index contributed by atoms with van der Waals surface area (Å²) in [6.07, 6.45) is 0.456. The number of aromatic nitrogens is 2. The van der Waals surface area contributed by atoms with Crippen molar-refractivity contribution in [2.45, 2.75) is 33.0 Å². The summed E-state index contributed by atoms with van der Waals surface area (Å²) in [5.41, 5.74) is 5.37. The van der Waals surface area contributed by atoms with Crippen LogP contribution in [0.2, 0.25) is 0 Å². The zero-order chi connectivity index (χ0) is 16.7. The van der Waals surface area contributed by atoms with E-state index in [0.29, 0.717) is 0 Å². The highest BCUT2D eigenvalue weighted by atomic mass is 32.1. The number of hydrogen-bond acceptors (Lipinski definition) is 5. The molecule has 0 saturated carbocycles. The maximum Gasteiger partial charge on any atom is 0.138 e. The molecule has 0 N–H and O–H groups in total. The number of fused-ring (bicyclic) bond motifs is 1. The Balaban J connectivity index is 1.74. The highest BCUT2D eigenvalue weighted by Gasteiger charge is 2.25. The van der Waals surface area contributed by atoms with Gasteiger partial charge in [0.25, 0.3) is 0 Å². The van der Waals surface area contributed by atoms with Crippen LogP contribution in [0.15, 0.2) is 36.4 Å². The van der Waals surface area contributed by atoms with Crippen LogP contribution in [0, 0.1) is 6.92 Å². The third kappa shape index (κ3) is 2.89. The fourth-order valence-corrected chi connectivity index (χ4v) is 4.09. The summed E-state index contributed by atoms with van der Waals surface area (Å²) in [5.74, 6) is 0. The van der Waals surface area contributed by atoms with Gasteiger partial charge >= 0.3 is 0 Å². The topological polar surface area (TPSA) is 38.2 Å². The first-order valence-electron chi connectivity index (χ1n) is 8.34. The van der Waals surface area contributed by atoms with Gasteiger partial charge in [-0.2, -0.15) is 4.37 Å². The van der Waals surface area contributed by atoms with Crippen molar-refractivity contribution in [3.63, 3.8) is 0 Å². The molecule has 1 aliphatic rings. The maximum absolute atomic E-state index is 5.85. The van der Waals surface area contributed by atoms with Crippen LogP contribution < -0.4 is 4.90 Å². The van der Waals surface area contributed by atoms with Gasteiger partial charge in [-0.05, 0) is 44.4 Å². The van der Waals surface area contributed by atoms with Crippen LogP contribution in [0.1, 0.15) is 19.4 Å². The quantitative estimate of drug-likeness (QED) is 0.698. The number of anilines is 1. The van der Waals surface area contributed by atoms with Gasteiger partial charge in [0, 0.05) is 18.7 Å². The van der Waals surface area contributed by atoms with Gasteiger partial charge in [-0.15, -0.1) is 0 Å². The molecule has 0 spiro atoms. The first kappa shape index (κ1) is 15.5. The molecule has 4 nitrogen and oxygen atoms in total. The van der Waals surface area contributed by atoms with E-state index in [1.54, 1.807) is 0 Å². The Bertz CT molecular complexity index is 849. The Morgan fingerprint density at radius 3 is 2.46 bits per heavy atom. The van der Waals surface area contributed by atoms with E-state index in [2.05, 4.69) is 66.4 Å². The zero-order valence-electron chi connectivity index (χ0n) is 14.2. The van der Waals surface area contributed by atoms with Crippen LogP contribution in [-0.4, -0.2) is 34.7 Å². The monoisotopic (exact) mass is 339 g/mol. The fraction of sp³-hybridized carbons (Fsp3) is 0.368. The molecule has 24 heavy (non-hydrogen) atoms. The van der Waals surface area contributed by atoms with Crippen LogP contribution in [-0.2, 0) is 4.74 Å². The van der Waals surface area contributed by atoms with Gasteiger partial charge in [0.2, 0.25) is 0 Å². The number of aryl methyl sites for hydroxylation is 1. The minimum atomic E-state index is 0.228. The lowest BCUT2D eigenvalue weighted by Crippen LogP contribution is -2.45. The lowest BCUT2D eigenvalue weighted by molar-refractivity contribution is -0.00494. The van der Waals surface area contributed by atoms with Crippen LogP contribution in [0.4, 0.5) is 5.00 Å². The Hall–Kier alpha value is -1.98. The van der Waals surface area contributed by atoms with Crippen LogP contribution >= 0.6 is 11.5 Å². The lowest BCUT2D eigenvalue weighted by atomic mass is 10.1. The van der Waals surface area contributed by atoms with Crippen LogP contribution in [0.25, 0.3) is 22.3 Å². The maximum atomic E-state index is 5.85. The van der Waals surface area contributed by atoms with Gasteiger partial charge in [0.15, 0.2) is 0 Å². The van der Waals surface area contributed by atoms with E-state index in [0.717, 1.165) is 40.4 Å². The highest BCUT2D eigenvalue weighted by Crippen LogP contribution is 2.33. The molecule has 1 fully saturated rings. The first-order chi connectivity index (χ1) is 11.6. The molecule has 2 atom stereocenters. The average Bonchev–Trinajstić information content (AvgIpc) is 2.97. The summed E-state index contributed by atoms with van der Waals surface area (Å²) < 4.78 is 10.4. The normalized spacial score (nSPS) is 21.4. The second-order valence-corrected chi connectivity index (χ2v) is 7.33. The smallest absolute Gasteiger partial charge is 0.138 e. The molecule has 0 amide bonds. The van der Waals surface area contributed by atoms with Crippen molar-refractivity contribution in [2.75, 3.05) is 18.0 Å². The van der Waals surface area contributed by atoms with E-state index in [1.165, 1.54) is 17.1 Å². The number of nitrogens with zero attached hydrogens (tertiary/aromatic N) is 3. The van der Waals surface area contributed by atoms with Gasteiger partial charge in [-0.1, -0.05) is 29.8 Å². The molecule has 1 aliphatic heterocycles. The third-order valence-electron chi connectivity index (χ3n) is 4.36. The Kier molecular flexibility index (Phi) is 3.98. The van der Waals surface area contributed by atoms with Crippen molar-refractivity contribution in [1.29, 1.82) is 0 Å². The minimum Gasteiger partial charge on any atom is -0.372 e. The fourth-order valence-electron chi connectivity index (χ4n) is 3.25. The van der Waals surface area contributed by atoms with Crippen molar-refractivity contribution < 1.29 is 4.74 Å². The lowest BCUT2D eigenvalue weighted by Gasteiger charge is -2.35. The second kappa shape index (κ2) is 6.15. The van der Waals surface area contributed by atoms with Crippen LogP contribution in [0.5, 0.6) is 0 Å². The number of hydrogen-bond donors (Lipinski definition) is 0. The van der Waals surface area contributed by atoms with Gasteiger partial charge < -0.3 is 9.64 Å². The van der Waals surface area contributed by atoms with Gasteiger partial charge in [0.1, 0.15) is 16.0 Å². The number of benzene rings is 1. The summed E-state index contributed by atoms with van der Waals surface area (Å²) in [4.78, 5) is 7.29. The molecule has 3 heterocycles. The SMILES string of the molecule is Cc1ccc(-c2ccc3nsc(N4C[C@@H](C)O[C@@H](C)C4)c3n2)cc1. The number of morpholine rings is 1. The predicted octanol–water partition coefficient (Wildman–Crippen LogP) is 4.28. The molecule has 1 saturated heterocycles. The van der Waals surface area contributed by atoms with Gasteiger partial charge in [-0.3, -0.25) is 0 Å². The zero-order valence-corrected chi connectivity index (χ0v) is 15.0. The molecular weight excluding hydrogens is 318 g/mol. The Morgan fingerprint density at radius 1 is 1.04 bits per heavy atom. The van der Waals surface area contributed by atoms with Gasteiger partial charge in [0.05, 0.1) is 17.9 Å². The summed E-state index contributed by atoms with van der Waals surface area (Å²) in [5, 5.41) is 1.15. The number of pyridine rings is 1. The number of rotatable bonds is 2. The minimum absolute atomic E-state index is 0.228. The second-order valence-electron chi connectivity index (χ2n) is 6.58. The van der Waals surface area contributed by atoms with Crippen molar-refractivity contribution in [1.82, 2.24) is 9.36 Å². The summed E-state index contributed by atoms with van der Waals surface area (Å²) >= 11 is 1.54. The van der Waals surface area contributed by atoms with E-state index in [-0.39, 0.29) is 12.2 Å². The van der Waals surface area contributed by atoms with Crippen molar-refractivity contribution in [2.24, 2.45) is 0 Å². The molecule has 0 radical (unpaired) electrons. The van der Waals surface area contributed by atoms with E-state index < -0.39 is 0 Å². The molecule has 5 heteroatoms. The molecule has 4 rings (SSSR count). The predicted molar refractivity (Wildman–Crippen MR) is 99.8 cm³/mol. The molecule has 3 aromatic rings. The molecule has 2 aromatic heterocycles.